The second-order valence-electron chi connectivity index (χ2n) is 4.69. The van der Waals surface area contributed by atoms with E-state index >= 15 is 0 Å². The van der Waals surface area contributed by atoms with Crippen molar-refractivity contribution in [1.82, 2.24) is 5.32 Å². The van der Waals surface area contributed by atoms with Gasteiger partial charge in [0, 0.05) is 19.3 Å². The number of halogens is 1. The van der Waals surface area contributed by atoms with Gasteiger partial charge in [0.15, 0.2) is 6.61 Å². The van der Waals surface area contributed by atoms with E-state index in [4.69, 9.17) is 14.6 Å². The van der Waals surface area contributed by atoms with E-state index in [1.807, 2.05) is 0 Å². The number of hydrogen-bond acceptors (Lipinski definition) is 4. The predicted molar refractivity (Wildman–Crippen MR) is 70.8 cm³/mol. The topological polar surface area (TPSA) is 84.9 Å². The largest absolute Gasteiger partial charge is 0.483 e. The van der Waals surface area contributed by atoms with E-state index < -0.39 is 11.8 Å². The maximum atomic E-state index is 13.0. The number of carboxylic acids is 1. The van der Waals surface area contributed by atoms with Crippen LogP contribution >= 0.6 is 0 Å². The number of carbonyl (C=O) groups excluding carboxylic acids is 1. The lowest BCUT2D eigenvalue weighted by molar-refractivity contribution is -0.124. The molecular weight excluding hydrogens is 281 g/mol. The van der Waals surface area contributed by atoms with Crippen molar-refractivity contribution in [3.8, 4) is 5.75 Å². The molecule has 0 aliphatic carbocycles. The number of carbonyl (C=O) groups is 2. The molecule has 0 unspecified atom stereocenters. The van der Waals surface area contributed by atoms with Gasteiger partial charge >= 0.3 is 5.97 Å². The fourth-order valence-corrected chi connectivity index (χ4v) is 2.05. The lowest BCUT2D eigenvalue weighted by atomic mass is 10.1. The Labute approximate surface area is 120 Å². The van der Waals surface area contributed by atoms with Gasteiger partial charge in [0.05, 0.1) is 0 Å². The Balaban J connectivity index is 1.90. The minimum absolute atomic E-state index is 0.0361. The molecule has 1 aromatic rings. The first kappa shape index (κ1) is 15.2. The fourth-order valence-electron chi connectivity index (χ4n) is 2.05. The summed E-state index contributed by atoms with van der Waals surface area (Å²) in [5, 5.41) is 11.7. The molecule has 21 heavy (non-hydrogen) atoms. The average Bonchev–Trinajstić information content (AvgIpc) is 2.47. The molecule has 1 amide bonds. The van der Waals surface area contributed by atoms with Crippen LogP contribution in [0.25, 0.3) is 0 Å². The molecule has 0 saturated carbocycles. The Hall–Kier alpha value is -2.15. The zero-order valence-corrected chi connectivity index (χ0v) is 11.3. The van der Waals surface area contributed by atoms with Crippen molar-refractivity contribution in [2.45, 2.75) is 18.9 Å². The third-order valence-electron chi connectivity index (χ3n) is 3.12. The highest BCUT2D eigenvalue weighted by atomic mass is 19.1. The van der Waals surface area contributed by atoms with Crippen LogP contribution in [0.15, 0.2) is 18.2 Å². The van der Waals surface area contributed by atoms with Crippen molar-refractivity contribution >= 4 is 11.9 Å². The number of hydrogen-bond donors (Lipinski definition) is 2. The Morgan fingerprint density at radius 2 is 2.10 bits per heavy atom. The maximum Gasteiger partial charge on any atom is 0.339 e. The van der Waals surface area contributed by atoms with E-state index in [1.54, 1.807) is 0 Å². The summed E-state index contributed by atoms with van der Waals surface area (Å²) in [4.78, 5) is 22.7. The number of nitrogens with one attached hydrogen (secondary N) is 1. The van der Waals surface area contributed by atoms with Crippen LogP contribution in [0.2, 0.25) is 0 Å². The smallest absolute Gasteiger partial charge is 0.339 e. The van der Waals surface area contributed by atoms with Crippen molar-refractivity contribution in [2.24, 2.45) is 0 Å². The van der Waals surface area contributed by atoms with Gasteiger partial charge in [0.25, 0.3) is 5.91 Å². The summed E-state index contributed by atoms with van der Waals surface area (Å²) in [6, 6.07) is 3.18. The van der Waals surface area contributed by atoms with E-state index in [2.05, 4.69) is 5.32 Å². The number of amides is 1. The van der Waals surface area contributed by atoms with Gasteiger partial charge in [-0.2, -0.15) is 0 Å². The zero-order chi connectivity index (χ0) is 15.2. The first-order valence-electron chi connectivity index (χ1n) is 6.59. The Morgan fingerprint density at radius 3 is 2.76 bits per heavy atom. The summed E-state index contributed by atoms with van der Waals surface area (Å²) < 4.78 is 23.4. The highest BCUT2D eigenvalue weighted by Gasteiger charge is 2.17. The molecule has 0 radical (unpaired) electrons. The first-order valence-corrected chi connectivity index (χ1v) is 6.59. The summed E-state index contributed by atoms with van der Waals surface area (Å²) in [6.45, 7) is 0.892. The molecule has 1 aliphatic heterocycles. The van der Waals surface area contributed by atoms with Crippen LogP contribution in [0, 0.1) is 5.82 Å². The van der Waals surface area contributed by atoms with E-state index in [0.717, 1.165) is 25.0 Å². The van der Waals surface area contributed by atoms with Crippen molar-refractivity contribution < 1.29 is 28.6 Å². The van der Waals surface area contributed by atoms with Crippen LogP contribution in [0.3, 0.4) is 0 Å². The summed E-state index contributed by atoms with van der Waals surface area (Å²) >= 11 is 0. The van der Waals surface area contributed by atoms with E-state index in [1.165, 1.54) is 6.07 Å². The Morgan fingerprint density at radius 1 is 1.38 bits per heavy atom. The number of aromatic carboxylic acids is 1. The minimum atomic E-state index is -1.31. The van der Waals surface area contributed by atoms with Crippen LogP contribution in [0.5, 0.6) is 5.75 Å². The molecule has 1 aliphatic rings. The van der Waals surface area contributed by atoms with Crippen molar-refractivity contribution in [3.05, 3.63) is 29.6 Å². The standard InChI is InChI=1S/C14H16FNO5/c15-9-1-2-12(11(7-9)14(18)19)21-8-13(17)16-10-3-5-20-6-4-10/h1-2,7,10H,3-6,8H2,(H,16,17)(H,18,19). The molecule has 1 aromatic carbocycles. The van der Waals surface area contributed by atoms with Gasteiger partial charge in [-0.1, -0.05) is 0 Å². The quantitative estimate of drug-likeness (QED) is 0.853. The molecule has 2 rings (SSSR count). The van der Waals surface area contributed by atoms with Crippen LogP contribution in [-0.2, 0) is 9.53 Å². The molecule has 1 saturated heterocycles. The lowest BCUT2D eigenvalue weighted by Crippen LogP contribution is -2.41. The lowest BCUT2D eigenvalue weighted by Gasteiger charge is -2.23. The van der Waals surface area contributed by atoms with E-state index in [-0.39, 0.29) is 29.9 Å². The number of rotatable bonds is 5. The minimum Gasteiger partial charge on any atom is -0.483 e. The van der Waals surface area contributed by atoms with Gasteiger partial charge in [-0.05, 0) is 31.0 Å². The summed E-state index contributed by atoms with van der Waals surface area (Å²) in [5.74, 6) is -2.37. The monoisotopic (exact) mass is 297 g/mol. The van der Waals surface area contributed by atoms with Crippen LogP contribution in [0.4, 0.5) is 4.39 Å². The van der Waals surface area contributed by atoms with Gasteiger partial charge < -0.3 is 19.9 Å². The Bertz CT molecular complexity index is 528. The molecular formula is C14H16FNO5. The normalized spacial score (nSPS) is 15.5. The molecule has 7 heteroatoms. The fraction of sp³-hybridized carbons (Fsp3) is 0.429. The van der Waals surface area contributed by atoms with Crippen molar-refractivity contribution in [2.75, 3.05) is 19.8 Å². The van der Waals surface area contributed by atoms with Crippen molar-refractivity contribution in [1.29, 1.82) is 0 Å². The molecule has 0 aromatic heterocycles. The van der Waals surface area contributed by atoms with Crippen LogP contribution in [-0.4, -0.2) is 42.8 Å². The average molecular weight is 297 g/mol. The number of benzene rings is 1. The number of carboxylic acid groups (broad SMARTS) is 1. The third-order valence-corrected chi connectivity index (χ3v) is 3.12. The van der Waals surface area contributed by atoms with Crippen molar-refractivity contribution in [3.63, 3.8) is 0 Å². The van der Waals surface area contributed by atoms with Gasteiger partial charge in [-0.3, -0.25) is 4.79 Å². The first-order chi connectivity index (χ1) is 10.1. The van der Waals surface area contributed by atoms with Crippen LogP contribution < -0.4 is 10.1 Å². The summed E-state index contributed by atoms with van der Waals surface area (Å²) in [5.41, 5.74) is -0.311. The molecule has 0 spiro atoms. The van der Waals surface area contributed by atoms with Gasteiger partial charge in [0.1, 0.15) is 17.1 Å². The van der Waals surface area contributed by atoms with Gasteiger partial charge in [-0.25, -0.2) is 9.18 Å². The highest BCUT2D eigenvalue weighted by Crippen LogP contribution is 2.19. The number of ether oxygens (including phenoxy) is 2. The van der Waals surface area contributed by atoms with E-state index in [9.17, 15) is 14.0 Å². The van der Waals surface area contributed by atoms with E-state index in [0.29, 0.717) is 13.2 Å². The van der Waals surface area contributed by atoms with Gasteiger partial charge in [0.2, 0.25) is 0 Å². The van der Waals surface area contributed by atoms with Crippen LogP contribution in [0.1, 0.15) is 23.2 Å². The SMILES string of the molecule is O=C(COc1ccc(F)cc1C(=O)O)NC1CCOCC1. The molecule has 1 heterocycles. The highest BCUT2D eigenvalue weighted by molar-refractivity contribution is 5.91. The predicted octanol–water partition coefficient (Wildman–Crippen LogP) is 1.20. The molecule has 6 nitrogen and oxygen atoms in total. The second kappa shape index (κ2) is 7.03. The molecule has 2 N–H and O–H groups in total. The molecule has 0 atom stereocenters. The van der Waals surface area contributed by atoms with Gasteiger partial charge in [-0.15, -0.1) is 0 Å². The molecule has 0 bridgehead atoms. The summed E-state index contributed by atoms with van der Waals surface area (Å²) in [6.07, 6.45) is 1.48. The third kappa shape index (κ3) is 4.42. The molecule has 114 valence electrons. The second-order valence-corrected chi connectivity index (χ2v) is 4.69. The summed E-state index contributed by atoms with van der Waals surface area (Å²) in [7, 11) is 0. The maximum absolute atomic E-state index is 13.0. The molecule has 1 fully saturated rings. The Kier molecular flexibility index (Phi) is 5.10. The zero-order valence-electron chi connectivity index (χ0n) is 11.3.